The van der Waals surface area contributed by atoms with Crippen LogP contribution in [0.5, 0.6) is 0 Å². The van der Waals surface area contributed by atoms with Gasteiger partial charge < -0.3 is 5.32 Å². The lowest BCUT2D eigenvalue weighted by atomic mass is 10.2. The molecule has 0 fully saturated rings. The Balaban J connectivity index is 2.36. The van der Waals surface area contributed by atoms with Gasteiger partial charge in [0.2, 0.25) is 5.91 Å². The highest BCUT2D eigenvalue weighted by Crippen LogP contribution is 2.10. The first kappa shape index (κ1) is 14.0. The second kappa shape index (κ2) is 7.30. The van der Waals surface area contributed by atoms with E-state index in [1.165, 1.54) is 0 Å². The van der Waals surface area contributed by atoms with Gasteiger partial charge in [-0.05, 0) is 31.2 Å². The molecule has 1 amide bonds. The molecule has 0 saturated carbocycles. The molecule has 1 aromatic carbocycles. The minimum absolute atomic E-state index is 0.0725. The Morgan fingerprint density at radius 2 is 2.00 bits per heavy atom. The molecule has 1 N–H and O–H groups in total. The van der Waals surface area contributed by atoms with Crippen LogP contribution in [-0.4, -0.2) is 30.9 Å². The van der Waals surface area contributed by atoms with Crippen LogP contribution in [-0.2, 0) is 11.3 Å². The van der Waals surface area contributed by atoms with Crippen molar-refractivity contribution in [2.24, 2.45) is 0 Å². The van der Waals surface area contributed by atoms with E-state index < -0.39 is 0 Å². The molecule has 0 aliphatic carbocycles. The SMILES string of the molecule is CCCNC(=O)CN(C)Cc1ccc(Cl)cc1. The highest BCUT2D eigenvalue weighted by atomic mass is 35.5. The van der Waals surface area contributed by atoms with E-state index in [1.807, 2.05) is 43.1 Å². The number of hydrogen-bond donors (Lipinski definition) is 1. The third-order valence-corrected chi connectivity index (χ3v) is 2.60. The number of rotatable bonds is 6. The molecular formula is C13H19ClN2O. The van der Waals surface area contributed by atoms with Gasteiger partial charge in [-0.15, -0.1) is 0 Å². The number of nitrogens with zero attached hydrogens (tertiary/aromatic N) is 1. The van der Waals surface area contributed by atoms with E-state index in [4.69, 9.17) is 11.6 Å². The number of likely N-dealkylation sites (N-methyl/N-ethyl adjacent to an activating group) is 1. The number of nitrogens with one attached hydrogen (secondary N) is 1. The minimum atomic E-state index is 0.0725. The Morgan fingerprint density at radius 3 is 2.59 bits per heavy atom. The molecule has 1 rings (SSSR count). The predicted molar refractivity (Wildman–Crippen MR) is 71.1 cm³/mol. The third kappa shape index (κ3) is 5.71. The van der Waals surface area contributed by atoms with Gasteiger partial charge in [-0.1, -0.05) is 30.7 Å². The molecule has 1 aromatic rings. The van der Waals surface area contributed by atoms with Gasteiger partial charge in [0, 0.05) is 18.1 Å². The molecule has 17 heavy (non-hydrogen) atoms. The molecule has 4 heteroatoms. The average Bonchev–Trinajstić information content (AvgIpc) is 2.29. The number of carbonyl (C=O) groups is 1. The zero-order chi connectivity index (χ0) is 12.7. The summed E-state index contributed by atoms with van der Waals surface area (Å²) in [6, 6.07) is 7.68. The van der Waals surface area contributed by atoms with Crippen LogP contribution in [0.15, 0.2) is 24.3 Å². The molecular weight excluding hydrogens is 236 g/mol. The molecule has 0 aliphatic rings. The number of benzene rings is 1. The van der Waals surface area contributed by atoms with Crippen molar-refractivity contribution in [3.63, 3.8) is 0 Å². The van der Waals surface area contributed by atoms with Crippen LogP contribution in [0.25, 0.3) is 0 Å². The summed E-state index contributed by atoms with van der Waals surface area (Å²) in [7, 11) is 1.93. The molecule has 0 bridgehead atoms. The topological polar surface area (TPSA) is 32.3 Å². The summed E-state index contributed by atoms with van der Waals surface area (Å²) in [4.78, 5) is 13.5. The van der Waals surface area contributed by atoms with Gasteiger partial charge in [-0.2, -0.15) is 0 Å². The lowest BCUT2D eigenvalue weighted by Crippen LogP contribution is -2.35. The maximum Gasteiger partial charge on any atom is 0.234 e. The fourth-order valence-corrected chi connectivity index (χ4v) is 1.65. The fourth-order valence-electron chi connectivity index (χ4n) is 1.52. The Bertz CT molecular complexity index is 351. The first-order valence-corrected chi connectivity index (χ1v) is 6.19. The quantitative estimate of drug-likeness (QED) is 0.845. The predicted octanol–water partition coefficient (Wildman–Crippen LogP) is 2.30. The molecule has 0 aliphatic heterocycles. The van der Waals surface area contributed by atoms with Crippen LogP contribution in [0.3, 0.4) is 0 Å². The highest BCUT2D eigenvalue weighted by molar-refractivity contribution is 6.30. The van der Waals surface area contributed by atoms with Gasteiger partial charge in [-0.3, -0.25) is 9.69 Å². The van der Waals surface area contributed by atoms with Gasteiger partial charge in [0.25, 0.3) is 0 Å². The highest BCUT2D eigenvalue weighted by Gasteiger charge is 2.06. The minimum Gasteiger partial charge on any atom is -0.355 e. The van der Waals surface area contributed by atoms with E-state index in [0.717, 1.165) is 30.1 Å². The number of halogens is 1. The molecule has 0 unspecified atom stereocenters. The molecule has 3 nitrogen and oxygen atoms in total. The van der Waals surface area contributed by atoms with Crippen molar-refractivity contribution in [3.8, 4) is 0 Å². The van der Waals surface area contributed by atoms with E-state index in [-0.39, 0.29) is 5.91 Å². The molecule has 0 spiro atoms. The largest absolute Gasteiger partial charge is 0.355 e. The Kier molecular flexibility index (Phi) is 6.01. The van der Waals surface area contributed by atoms with Gasteiger partial charge in [-0.25, -0.2) is 0 Å². The summed E-state index contributed by atoms with van der Waals surface area (Å²) >= 11 is 5.81. The maximum absolute atomic E-state index is 11.5. The number of hydrogen-bond acceptors (Lipinski definition) is 2. The molecule has 0 aromatic heterocycles. The van der Waals surface area contributed by atoms with Gasteiger partial charge >= 0.3 is 0 Å². The summed E-state index contributed by atoms with van der Waals surface area (Å²) in [5, 5.41) is 3.59. The summed E-state index contributed by atoms with van der Waals surface area (Å²) in [5.41, 5.74) is 1.15. The number of amides is 1. The molecule has 94 valence electrons. The average molecular weight is 255 g/mol. The third-order valence-electron chi connectivity index (χ3n) is 2.35. The van der Waals surface area contributed by atoms with Gasteiger partial charge in [0.05, 0.1) is 6.54 Å². The second-order valence-corrected chi connectivity index (χ2v) is 4.59. The van der Waals surface area contributed by atoms with Crippen molar-refractivity contribution in [1.82, 2.24) is 10.2 Å². The van der Waals surface area contributed by atoms with Crippen LogP contribution in [0.2, 0.25) is 5.02 Å². The number of carbonyl (C=O) groups excluding carboxylic acids is 1. The van der Waals surface area contributed by atoms with Crippen LogP contribution < -0.4 is 5.32 Å². The normalized spacial score (nSPS) is 10.6. The summed E-state index contributed by atoms with van der Waals surface area (Å²) < 4.78 is 0. The van der Waals surface area contributed by atoms with Crippen molar-refractivity contribution in [3.05, 3.63) is 34.9 Å². The van der Waals surface area contributed by atoms with Crippen LogP contribution in [0.1, 0.15) is 18.9 Å². The first-order chi connectivity index (χ1) is 8.11. The first-order valence-electron chi connectivity index (χ1n) is 5.81. The Hall–Kier alpha value is -1.06. The van der Waals surface area contributed by atoms with Crippen molar-refractivity contribution >= 4 is 17.5 Å². The lowest BCUT2D eigenvalue weighted by molar-refractivity contribution is -0.122. The Morgan fingerprint density at radius 1 is 1.35 bits per heavy atom. The standard InChI is InChI=1S/C13H19ClN2O/c1-3-8-15-13(17)10-16(2)9-11-4-6-12(14)7-5-11/h4-7H,3,8-10H2,1-2H3,(H,15,17). The zero-order valence-electron chi connectivity index (χ0n) is 10.4. The van der Waals surface area contributed by atoms with E-state index >= 15 is 0 Å². The fraction of sp³-hybridized carbons (Fsp3) is 0.462. The van der Waals surface area contributed by atoms with Crippen LogP contribution in [0.4, 0.5) is 0 Å². The van der Waals surface area contributed by atoms with E-state index in [2.05, 4.69) is 5.32 Å². The molecule has 0 atom stereocenters. The smallest absolute Gasteiger partial charge is 0.234 e. The zero-order valence-corrected chi connectivity index (χ0v) is 11.1. The van der Waals surface area contributed by atoms with Gasteiger partial charge in [0.1, 0.15) is 0 Å². The maximum atomic E-state index is 11.5. The van der Waals surface area contributed by atoms with Crippen molar-refractivity contribution in [2.75, 3.05) is 20.1 Å². The van der Waals surface area contributed by atoms with Gasteiger partial charge in [0.15, 0.2) is 0 Å². The lowest BCUT2D eigenvalue weighted by Gasteiger charge is -2.16. The molecule has 0 saturated heterocycles. The Labute approximate surface area is 108 Å². The van der Waals surface area contributed by atoms with Crippen molar-refractivity contribution < 1.29 is 4.79 Å². The monoisotopic (exact) mass is 254 g/mol. The summed E-state index contributed by atoms with van der Waals surface area (Å²) in [5.74, 6) is 0.0725. The van der Waals surface area contributed by atoms with Crippen LogP contribution in [0, 0.1) is 0 Å². The summed E-state index contributed by atoms with van der Waals surface area (Å²) in [6.07, 6.45) is 0.965. The van der Waals surface area contributed by atoms with E-state index in [9.17, 15) is 4.79 Å². The van der Waals surface area contributed by atoms with Crippen molar-refractivity contribution in [2.45, 2.75) is 19.9 Å². The van der Waals surface area contributed by atoms with E-state index in [0.29, 0.717) is 6.54 Å². The molecule has 0 heterocycles. The summed E-state index contributed by atoms with van der Waals surface area (Å²) in [6.45, 7) is 3.95. The van der Waals surface area contributed by atoms with E-state index in [1.54, 1.807) is 0 Å². The second-order valence-electron chi connectivity index (χ2n) is 4.15. The molecule has 0 radical (unpaired) electrons. The van der Waals surface area contributed by atoms with Crippen LogP contribution >= 0.6 is 11.6 Å². The van der Waals surface area contributed by atoms with Crippen molar-refractivity contribution in [1.29, 1.82) is 0 Å².